The van der Waals surface area contributed by atoms with Crippen molar-refractivity contribution in [3.05, 3.63) is 0 Å². The fourth-order valence-electron chi connectivity index (χ4n) is 2.54. The monoisotopic (exact) mass is 362 g/mol. The van der Waals surface area contributed by atoms with Gasteiger partial charge in [0.15, 0.2) is 0 Å². The molecule has 1 aliphatic heterocycles. The lowest BCUT2D eigenvalue weighted by molar-refractivity contribution is -0.135. The Labute approximate surface area is 150 Å². The van der Waals surface area contributed by atoms with Crippen LogP contribution >= 0.6 is 12.4 Å². The highest BCUT2D eigenvalue weighted by Crippen LogP contribution is 2.10. The van der Waals surface area contributed by atoms with E-state index in [4.69, 9.17) is 5.73 Å². The van der Waals surface area contributed by atoms with Gasteiger partial charge < -0.3 is 21.3 Å². The van der Waals surface area contributed by atoms with Gasteiger partial charge in [0.1, 0.15) is 0 Å². The highest BCUT2D eigenvalue weighted by molar-refractivity contribution is 5.87. The van der Waals surface area contributed by atoms with Crippen LogP contribution in [0.15, 0.2) is 0 Å². The van der Waals surface area contributed by atoms with Crippen LogP contribution in [-0.4, -0.2) is 54.3 Å². The summed E-state index contributed by atoms with van der Waals surface area (Å²) < 4.78 is 0. The number of halogens is 1. The van der Waals surface area contributed by atoms with Crippen molar-refractivity contribution < 1.29 is 14.4 Å². The molecule has 1 aliphatic rings. The fraction of sp³-hybridized carbons (Fsp3) is 0.812. The Morgan fingerprint density at radius 1 is 1.29 bits per heavy atom. The maximum absolute atomic E-state index is 12.2. The molecule has 0 spiro atoms. The number of piperidine rings is 1. The fourth-order valence-corrected chi connectivity index (χ4v) is 2.54. The van der Waals surface area contributed by atoms with Crippen molar-refractivity contribution >= 4 is 30.1 Å². The number of hydrogen-bond donors (Lipinski definition) is 3. The van der Waals surface area contributed by atoms with Gasteiger partial charge in [-0.3, -0.25) is 14.4 Å². The number of rotatable bonds is 7. The van der Waals surface area contributed by atoms with Crippen LogP contribution in [0.25, 0.3) is 0 Å². The minimum absolute atomic E-state index is 0. The van der Waals surface area contributed by atoms with Gasteiger partial charge in [-0.2, -0.15) is 0 Å². The lowest BCUT2D eigenvalue weighted by Crippen LogP contribution is -2.53. The average molecular weight is 363 g/mol. The van der Waals surface area contributed by atoms with Crippen LogP contribution in [0, 0.1) is 5.92 Å². The number of nitrogens with two attached hydrogens (primary N) is 1. The van der Waals surface area contributed by atoms with Crippen LogP contribution in [0.3, 0.4) is 0 Å². The van der Waals surface area contributed by atoms with E-state index in [9.17, 15) is 14.4 Å². The van der Waals surface area contributed by atoms with Gasteiger partial charge in [-0.05, 0) is 25.2 Å². The number of hydrogen-bond acceptors (Lipinski definition) is 4. The first-order valence-corrected chi connectivity index (χ1v) is 8.45. The predicted octanol–water partition coefficient (Wildman–Crippen LogP) is 0.415. The maximum atomic E-state index is 12.2. The summed E-state index contributed by atoms with van der Waals surface area (Å²) >= 11 is 0. The standard InChI is InChI=1S/C16H30N4O3.ClH/c1-4-6-13(21)19-12-7-5-8-20(10-12)14(22)9-18-16(23)15(17)11(2)3;/h11-12,15H,4-10,17H2,1-3H3,(H,18,23)(H,19,21);1H/t12?,15-;/m0./s1. The molecule has 7 nitrogen and oxygen atoms in total. The topological polar surface area (TPSA) is 105 Å². The molecule has 0 aliphatic carbocycles. The summed E-state index contributed by atoms with van der Waals surface area (Å²) in [4.78, 5) is 37.4. The highest BCUT2D eigenvalue weighted by Gasteiger charge is 2.25. The van der Waals surface area contributed by atoms with E-state index < -0.39 is 6.04 Å². The first kappa shape index (κ1) is 22.7. The maximum Gasteiger partial charge on any atom is 0.242 e. The van der Waals surface area contributed by atoms with Gasteiger partial charge in [-0.1, -0.05) is 20.8 Å². The van der Waals surface area contributed by atoms with Crippen LogP contribution in [0.4, 0.5) is 0 Å². The van der Waals surface area contributed by atoms with Crippen LogP contribution < -0.4 is 16.4 Å². The molecule has 24 heavy (non-hydrogen) atoms. The van der Waals surface area contributed by atoms with Crippen molar-refractivity contribution in [2.24, 2.45) is 11.7 Å². The molecule has 0 aromatic heterocycles. The van der Waals surface area contributed by atoms with Crippen LogP contribution in [0.5, 0.6) is 0 Å². The third-order valence-corrected chi connectivity index (χ3v) is 4.05. The molecule has 0 saturated carbocycles. The predicted molar refractivity (Wildman–Crippen MR) is 95.7 cm³/mol. The van der Waals surface area contributed by atoms with E-state index in [2.05, 4.69) is 10.6 Å². The molecule has 2 atom stereocenters. The average Bonchev–Trinajstić information content (AvgIpc) is 2.51. The van der Waals surface area contributed by atoms with Crippen LogP contribution in [0.2, 0.25) is 0 Å². The molecule has 0 aromatic rings. The van der Waals surface area contributed by atoms with Crippen molar-refractivity contribution in [1.29, 1.82) is 0 Å². The number of amides is 3. The van der Waals surface area contributed by atoms with Crippen molar-refractivity contribution in [2.75, 3.05) is 19.6 Å². The van der Waals surface area contributed by atoms with E-state index in [1.54, 1.807) is 4.90 Å². The van der Waals surface area contributed by atoms with Gasteiger partial charge in [0.05, 0.1) is 12.6 Å². The number of carbonyl (C=O) groups is 3. The summed E-state index contributed by atoms with van der Waals surface area (Å²) in [6.07, 6.45) is 3.04. The molecule has 4 N–H and O–H groups in total. The van der Waals surface area contributed by atoms with E-state index >= 15 is 0 Å². The van der Waals surface area contributed by atoms with Gasteiger partial charge in [-0.25, -0.2) is 0 Å². The summed E-state index contributed by atoms with van der Waals surface area (Å²) in [6, 6.07) is -0.606. The Morgan fingerprint density at radius 3 is 2.54 bits per heavy atom. The van der Waals surface area contributed by atoms with Crippen molar-refractivity contribution in [3.8, 4) is 0 Å². The third-order valence-electron chi connectivity index (χ3n) is 4.05. The minimum Gasteiger partial charge on any atom is -0.352 e. The summed E-state index contributed by atoms with van der Waals surface area (Å²) in [5, 5.41) is 5.56. The molecule has 8 heteroatoms. The van der Waals surface area contributed by atoms with Crippen LogP contribution in [-0.2, 0) is 14.4 Å². The Morgan fingerprint density at radius 2 is 1.96 bits per heavy atom. The zero-order chi connectivity index (χ0) is 17.4. The minimum atomic E-state index is -0.606. The molecule has 140 valence electrons. The first-order valence-electron chi connectivity index (χ1n) is 8.45. The summed E-state index contributed by atoms with van der Waals surface area (Å²) in [6.45, 7) is 6.79. The van der Waals surface area contributed by atoms with E-state index in [0.717, 1.165) is 19.3 Å². The molecule has 3 amide bonds. The first-order chi connectivity index (χ1) is 10.8. The number of nitrogens with zero attached hydrogens (tertiary/aromatic N) is 1. The quantitative estimate of drug-likeness (QED) is 0.610. The Hall–Kier alpha value is -1.34. The lowest BCUT2D eigenvalue weighted by atomic mass is 10.0. The molecular weight excluding hydrogens is 332 g/mol. The third kappa shape index (κ3) is 7.49. The summed E-state index contributed by atoms with van der Waals surface area (Å²) in [5.41, 5.74) is 5.75. The van der Waals surface area contributed by atoms with E-state index in [1.807, 2.05) is 20.8 Å². The van der Waals surface area contributed by atoms with Crippen molar-refractivity contribution in [1.82, 2.24) is 15.5 Å². The van der Waals surface area contributed by atoms with Crippen LogP contribution in [0.1, 0.15) is 46.5 Å². The molecule has 1 heterocycles. The molecule has 1 saturated heterocycles. The zero-order valence-electron chi connectivity index (χ0n) is 14.8. The zero-order valence-corrected chi connectivity index (χ0v) is 15.7. The Bertz CT molecular complexity index is 432. The number of likely N-dealkylation sites (tertiary alicyclic amines) is 1. The Kier molecular flexibility index (Phi) is 10.6. The number of nitrogens with one attached hydrogen (secondary N) is 2. The van der Waals surface area contributed by atoms with Gasteiger partial charge in [0, 0.05) is 25.6 Å². The van der Waals surface area contributed by atoms with Gasteiger partial charge in [-0.15, -0.1) is 12.4 Å². The number of carbonyl (C=O) groups excluding carboxylic acids is 3. The molecular formula is C16H31ClN4O3. The molecule has 1 unspecified atom stereocenters. The van der Waals surface area contributed by atoms with Gasteiger partial charge in [0.25, 0.3) is 0 Å². The van der Waals surface area contributed by atoms with Crippen molar-refractivity contribution in [2.45, 2.75) is 58.5 Å². The van der Waals surface area contributed by atoms with E-state index in [-0.39, 0.29) is 48.6 Å². The molecule has 0 bridgehead atoms. The second-order valence-corrected chi connectivity index (χ2v) is 6.48. The second kappa shape index (κ2) is 11.3. The largest absolute Gasteiger partial charge is 0.352 e. The van der Waals surface area contributed by atoms with E-state index in [0.29, 0.717) is 19.5 Å². The summed E-state index contributed by atoms with van der Waals surface area (Å²) in [7, 11) is 0. The summed E-state index contributed by atoms with van der Waals surface area (Å²) in [5.74, 6) is -0.386. The SMILES string of the molecule is CCCC(=O)NC1CCCN(C(=O)CNC(=O)[C@@H](N)C(C)C)C1.Cl. The van der Waals surface area contributed by atoms with Gasteiger partial charge >= 0.3 is 0 Å². The van der Waals surface area contributed by atoms with Gasteiger partial charge in [0.2, 0.25) is 17.7 Å². The highest BCUT2D eigenvalue weighted by atomic mass is 35.5. The second-order valence-electron chi connectivity index (χ2n) is 6.48. The normalized spacial score (nSPS) is 18.5. The molecule has 1 rings (SSSR count). The van der Waals surface area contributed by atoms with E-state index in [1.165, 1.54) is 0 Å². The van der Waals surface area contributed by atoms with Crippen molar-refractivity contribution in [3.63, 3.8) is 0 Å². The smallest absolute Gasteiger partial charge is 0.242 e. The molecule has 0 radical (unpaired) electrons. The molecule has 0 aromatic carbocycles. The Balaban J connectivity index is 0.00000529. The lowest BCUT2D eigenvalue weighted by Gasteiger charge is -2.33. The molecule has 1 fully saturated rings.